The maximum atomic E-state index is 13.1. The van der Waals surface area contributed by atoms with E-state index in [0.717, 1.165) is 12.1 Å². The molecule has 2 rings (SSSR count). The van der Waals surface area contributed by atoms with Gasteiger partial charge in [-0.2, -0.15) is 0 Å². The van der Waals surface area contributed by atoms with Gasteiger partial charge < -0.3 is 0 Å². The van der Waals surface area contributed by atoms with Crippen LogP contribution in [0.15, 0.2) is 45.8 Å². The summed E-state index contributed by atoms with van der Waals surface area (Å²) in [7, 11) is -3.62. The molecule has 0 aliphatic heterocycles. The number of halogens is 3. The Labute approximate surface area is 146 Å². The summed E-state index contributed by atoms with van der Waals surface area (Å²) >= 11 is 9.09. The molecule has 0 aliphatic rings. The molecule has 23 heavy (non-hydrogen) atoms. The van der Waals surface area contributed by atoms with Crippen LogP contribution in [-0.2, 0) is 10.0 Å². The zero-order valence-electron chi connectivity index (χ0n) is 11.9. The third-order valence-electron chi connectivity index (χ3n) is 3.01. The van der Waals surface area contributed by atoms with Crippen molar-refractivity contribution in [1.82, 2.24) is 4.72 Å². The number of hydrogen-bond acceptors (Lipinski definition) is 3. The summed E-state index contributed by atoms with van der Waals surface area (Å²) in [5.41, 5.74) is 0.366. The minimum Gasteiger partial charge on any atom is -0.289 e. The second kappa shape index (κ2) is 7.09. The van der Waals surface area contributed by atoms with Gasteiger partial charge in [-0.3, -0.25) is 4.79 Å². The fourth-order valence-electron chi connectivity index (χ4n) is 1.94. The van der Waals surface area contributed by atoms with Crippen molar-refractivity contribution in [3.63, 3.8) is 0 Å². The van der Waals surface area contributed by atoms with Gasteiger partial charge in [-0.25, -0.2) is 17.5 Å². The Bertz CT molecular complexity index is 871. The van der Waals surface area contributed by atoms with Gasteiger partial charge in [-0.05, 0) is 52.3 Å². The fourth-order valence-corrected chi connectivity index (χ4v) is 3.97. The lowest BCUT2D eigenvalue weighted by molar-refractivity contribution is 0.103. The summed E-state index contributed by atoms with van der Waals surface area (Å²) in [5, 5.41) is -0.00810. The molecule has 2 aromatic rings. The maximum absolute atomic E-state index is 13.1. The van der Waals surface area contributed by atoms with E-state index < -0.39 is 21.6 Å². The molecule has 122 valence electrons. The molecule has 0 saturated heterocycles. The van der Waals surface area contributed by atoms with Crippen LogP contribution >= 0.6 is 27.5 Å². The number of nitrogens with one attached hydrogen (secondary N) is 1. The van der Waals surface area contributed by atoms with Gasteiger partial charge in [0.15, 0.2) is 5.78 Å². The van der Waals surface area contributed by atoms with Crippen molar-refractivity contribution in [3.05, 3.63) is 62.8 Å². The number of hydrogen-bond donors (Lipinski definition) is 1. The molecule has 0 aliphatic carbocycles. The Morgan fingerprint density at radius 3 is 2.43 bits per heavy atom. The molecule has 8 heteroatoms. The molecule has 1 N–H and O–H groups in total. The van der Waals surface area contributed by atoms with Crippen LogP contribution < -0.4 is 4.72 Å². The van der Waals surface area contributed by atoms with Crippen LogP contribution in [0.3, 0.4) is 0 Å². The van der Waals surface area contributed by atoms with Gasteiger partial charge in [-0.1, -0.05) is 18.5 Å². The molecule has 0 bridgehead atoms. The predicted octanol–water partition coefficient (Wildman–Crippen LogP) is 3.77. The molecule has 0 radical (unpaired) electrons. The topological polar surface area (TPSA) is 63.2 Å². The van der Waals surface area contributed by atoms with E-state index in [9.17, 15) is 17.6 Å². The van der Waals surface area contributed by atoms with Gasteiger partial charge >= 0.3 is 0 Å². The van der Waals surface area contributed by atoms with Crippen LogP contribution in [0.25, 0.3) is 0 Å². The molecule has 0 fully saturated rings. The van der Waals surface area contributed by atoms with Crippen LogP contribution in [0, 0.1) is 5.82 Å². The molecule has 4 nitrogen and oxygen atoms in total. The highest BCUT2D eigenvalue weighted by atomic mass is 79.9. The van der Waals surface area contributed by atoms with Gasteiger partial charge in [-0.15, -0.1) is 0 Å². The molecule has 0 amide bonds. The fraction of sp³-hybridized carbons (Fsp3) is 0.133. The van der Waals surface area contributed by atoms with E-state index >= 15 is 0 Å². The quantitative estimate of drug-likeness (QED) is 0.749. The molecule has 2 aromatic carbocycles. The SMILES string of the molecule is CCNS(=O)(=O)c1ccc(C(=O)c2ccc(F)cc2Cl)c(Br)c1. The van der Waals surface area contributed by atoms with Crippen LogP contribution in [0.2, 0.25) is 5.02 Å². The third-order valence-corrected chi connectivity index (χ3v) is 5.52. The lowest BCUT2D eigenvalue weighted by atomic mass is 10.0. The summed E-state index contributed by atoms with van der Waals surface area (Å²) in [6, 6.07) is 7.52. The first-order valence-electron chi connectivity index (χ1n) is 6.55. The van der Waals surface area contributed by atoms with E-state index in [1.165, 1.54) is 24.3 Å². The highest BCUT2D eigenvalue weighted by Crippen LogP contribution is 2.27. The molecule has 0 heterocycles. The van der Waals surface area contributed by atoms with E-state index in [0.29, 0.717) is 4.47 Å². The second-order valence-corrected chi connectivity index (χ2v) is 7.62. The van der Waals surface area contributed by atoms with E-state index in [1.807, 2.05) is 0 Å². The van der Waals surface area contributed by atoms with E-state index in [1.54, 1.807) is 6.92 Å². The first-order valence-corrected chi connectivity index (χ1v) is 9.20. The summed E-state index contributed by atoms with van der Waals surface area (Å²) in [5.74, 6) is -0.980. The maximum Gasteiger partial charge on any atom is 0.240 e. The summed E-state index contributed by atoms with van der Waals surface area (Å²) < 4.78 is 39.6. The Kier molecular flexibility index (Phi) is 5.57. The molecular weight excluding hydrogens is 409 g/mol. The lowest BCUT2D eigenvalue weighted by Crippen LogP contribution is -2.23. The number of sulfonamides is 1. The average molecular weight is 421 g/mol. The number of benzene rings is 2. The van der Waals surface area contributed by atoms with Crippen LogP contribution in [-0.4, -0.2) is 20.7 Å². The van der Waals surface area contributed by atoms with E-state index in [2.05, 4.69) is 20.7 Å². The molecule has 0 aromatic heterocycles. The number of carbonyl (C=O) groups is 1. The first-order chi connectivity index (χ1) is 10.8. The van der Waals surface area contributed by atoms with Gasteiger partial charge in [0.25, 0.3) is 0 Å². The normalized spacial score (nSPS) is 11.5. The number of ketones is 1. The minimum atomic E-state index is -3.62. The Balaban J connectivity index is 2.43. The van der Waals surface area contributed by atoms with Crippen molar-refractivity contribution in [3.8, 4) is 0 Å². The molecule has 0 spiro atoms. The van der Waals surface area contributed by atoms with Crippen molar-refractivity contribution in [2.24, 2.45) is 0 Å². The highest BCUT2D eigenvalue weighted by molar-refractivity contribution is 9.10. The van der Waals surface area contributed by atoms with E-state index in [-0.39, 0.29) is 27.6 Å². The Morgan fingerprint density at radius 1 is 1.22 bits per heavy atom. The van der Waals surface area contributed by atoms with Gasteiger partial charge in [0, 0.05) is 22.1 Å². The summed E-state index contributed by atoms with van der Waals surface area (Å²) in [4.78, 5) is 12.5. The molecule has 0 unspecified atom stereocenters. The smallest absolute Gasteiger partial charge is 0.240 e. The summed E-state index contributed by atoms with van der Waals surface area (Å²) in [6.07, 6.45) is 0. The summed E-state index contributed by atoms with van der Waals surface area (Å²) in [6.45, 7) is 1.92. The number of carbonyl (C=O) groups excluding carboxylic acids is 1. The van der Waals surface area contributed by atoms with Crippen molar-refractivity contribution >= 4 is 43.3 Å². The zero-order chi connectivity index (χ0) is 17.2. The number of rotatable bonds is 5. The van der Waals surface area contributed by atoms with Crippen molar-refractivity contribution in [1.29, 1.82) is 0 Å². The molecular formula is C15H12BrClFNO3S. The zero-order valence-corrected chi connectivity index (χ0v) is 15.1. The van der Waals surface area contributed by atoms with E-state index in [4.69, 9.17) is 11.6 Å². The monoisotopic (exact) mass is 419 g/mol. The highest BCUT2D eigenvalue weighted by Gasteiger charge is 2.19. The van der Waals surface area contributed by atoms with Gasteiger partial charge in [0.1, 0.15) is 5.82 Å². The lowest BCUT2D eigenvalue weighted by Gasteiger charge is -2.09. The molecule has 0 atom stereocenters. The minimum absolute atomic E-state index is 0.00810. The van der Waals surface area contributed by atoms with Crippen LogP contribution in [0.4, 0.5) is 4.39 Å². The van der Waals surface area contributed by atoms with Crippen molar-refractivity contribution in [2.75, 3.05) is 6.54 Å². The Hall–Kier alpha value is -1.28. The van der Waals surface area contributed by atoms with Gasteiger partial charge in [0.05, 0.1) is 9.92 Å². The standard InChI is InChI=1S/C15H12BrClFNO3S/c1-2-19-23(21,22)10-4-6-11(13(16)8-10)15(20)12-5-3-9(18)7-14(12)17/h3-8,19H,2H2,1H3. The van der Waals surface area contributed by atoms with Crippen LogP contribution in [0.1, 0.15) is 22.8 Å². The van der Waals surface area contributed by atoms with Gasteiger partial charge in [0.2, 0.25) is 10.0 Å². The second-order valence-electron chi connectivity index (χ2n) is 4.60. The molecule has 0 saturated carbocycles. The van der Waals surface area contributed by atoms with Crippen molar-refractivity contribution < 1.29 is 17.6 Å². The predicted molar refractivity (Wildman–Crippen MR) is 89.8 cm³/mol. The van der Waals surface area contributed by atoms with Crippen molar-refractivity contribution in [2.45, 2.75) is 11.8 Å². The largest absolute Gasteiger partial charge is 0.289 e. The first kappa shape index (κ1) is 18.1. The Morgan fingerprint density at radius 2 is 1.87 bits per heavy atom. The third kappa shape index (κ3) is 3.98. The van der Waals surface area contributed by atoms with Crippen LogP contribution in [0.5, 0.6) is 0 Å². The average Bonchev–Trinajstić information content (AvgIpc) is 2.46.